The molecule has 0 aliphatic carbocycles. The van der Waals surface area contributed by atoms with E-state index in [4.69, 9.17) is 9.47 Å². The summed E-state index contributed by atoms with van der Waals surface area (Å²) in [6.45, 7) is 5.25. The van der Waals surface area contributed by atoms with Gasteiger partial charge >= 0.3 is 5.97 Å². The molecule has 162 valence electrons. The number of nitrogens with zero attached hydrogens (tertiary/aromatic N) is 1. The fourth-order valence-corrected chi connectivity index (χ4v) is 4.30. The number of fused-ring (bicyclic) bond motifs is 1. The summed E-state index contributed by atoms with van der Waals surface area (Å²) in [7, 11) is 3.07. The van der Waals surface area contributed by atoms with Gasteiger partial charge in [0.15, 0.2) is 0 Å². The van der Waals surface area contributed by atoms with Crippen molar-refractivity contribution >= 4 is 45.0 Å². The van der Waals surface area contributed by atoms with Crippen molar-refractivity contribution in [3.05, 3.63) is 51.5 Å². The van der Waals surface area contributed by atoms with Crippen LogP contribution in [-0.2, 0) is 4.74 Å². The summed E-state index contributed by atoms with van der Waals surface area (Å²) in [6, 6.07) is 7.14. The molecule has 0 spiro atoms. The van der Waals surface area contributed by atoms with Crippen molar-refractivity contribution in [1.29, 1.82) is 0 Å². The van der Waals surface area contributed by atoms with Gasteiger partial charge in [-0.2, -0.15) is 0 Å². The standard InChI is InChI=1S/C22H23N3O5S/c1-6-30-22(28)17-11(2)18(20(27)23-4)31-21(17)25-19(26)15-10-13-9-14(29-5)7-8-16(13)24-12(15)3/h7-10H,6H2,1-5H3,(H,23,27)(H,25,26). The van der Waals surface area contributed by atoms with Gasteiger partial charge in [0.25, 0.3) is 11.8 Å². The normalized spacial score (nSPS) is 10.6. The molecular formula is C22H23N3O5S. The minimum atomic E-state index is -0.597. The number of amides is 2. The molecule has 0 unspecified atom stereocenters. The van der Waals surface area contributed by atoms with Gasteiger partial charge in [0, 0.05) is 12.4 Å². The van der Waals surface area contributed by atoms with E-state index in [1.165, 1.54) is 7.05 Å². The molecule has 0 fully saturated rings. The highest BCUT2D eigenvalue weighted by atomic mass is 32.1. The zero-order chi connectivity index (χ0) is 22.7. The van der Waals surface area contributed by atoms with Crippen molar-refractivity contribution in [2.24, 2.45) is 0 Å². The van der Waals surface area contributed by atoms with Crippen LogP contribution in [0.15, 0.2) is 24.3 Å². The molecule has 9 heteroatoms. The zero-order valence-corrected chi connectivity index (χ0v) is 18.7. The molecule has 2 amide bonds. The number of methoxy groups -OCH3 is 1. The van der Waals surface area contributed by atoms with Crippen LogP contribution in [-0.4, -0.2) is 43.5 Å². The van der Waals surface area contributed by atoms with Crippen molar-refractivity contribution in [3.63, 3.8) is 0 Å². The lowest BCUT2D eigenvalue weighted by Gasteiger charge is -2.10. The van der Waals surface area contributed by atoms with Crippen LogP contribution in [0.5, 0.6) is 5.75 Å². The molecule has 2 heterocycles. The minimum Gasteiger partial charge on any atom is -0.497 e. The molecule has 8 nitrogen and oxygen atoms in total. The number of aromatic nitrogens is 1. The number of benzene rings is 1. The maximum atomic E-state index is 13.1. The van der Waals surface area contributed by atoms with E-state index in [1.54, 1.807) is 46.1 Å². The third-order valence-electron chi connectivity index (χ3n) is 4.74. The smallest absolute Gasteiger partial charge is 0.341 e. The van der Waals surface area contributed by atoms with Crippen LogP contribution in [0.2, 0.25) is 0 Å². The average molecular weight is 442 g/mol. The molecule has 3 rings (SSSR count). The fourth-order valence-electron chi connectivity index (χ4n) is 3.16. The Kier molecular flexibility index (Phi) is 6.55. The molecule has 0 radical (unpaired) electrons. The fraction of sp³-hybridized carbons (Fsp3) is 0.273. The summed E-state index contributed by atoms with van der Waals surface area (Å²) in [4.78, 5) is 42.7. The number of aryl methyl sites for hydroxylation is 1. The summed E-state index contributed by atoms with van der Waals surface area (Å²) in [5.41, 5.74) is 2.25. The maximum Gasteiger partial charge on any atom is 0.341 e. The van der Waals surface area contributed by atoms with Crippen LogP contribution < -0.4 is 15.4 Å². The number of nitrogens with one attached hydrogen (secondary N) is 2. The predicted molar refractivity (Wildman–Crippen MR) is 119 cm³/mol. The van der Waals surface area contributed by atoms with Crippen molar-refractivity contribution in [2.45, 2.75) is 20.8 Å². The molecule has 0 saturated carbocycles. The molecule has 0 atom stereocenters. The van der Waals surface area contributed by atoms with E-state index in [9.17, 15) is 14.4 Å². The predicted octanol–water partition coefficient (Wildman–Crippen LogP) is 3.71. The van der Waals surface area contributed by atoms with Crippen LogP contribution in [0, 0.1) is 13.8 Å². The Morgan fingerprint density at radius 1 is 1.13 bits per heavy atom. The number of anilines is 1. The Balaban J connectivity index is 2.03. The number of carbonyl (C=O) groups excluding carboxylic acids is 3. The summed E-state index contributed by atoms with van der Waals surface area (Å²) < 4.78 is 10.4. The van der Waals surface area contributed by atoms with Crippen molar-refractivity contribution in [1.82, 2.24) is 10.3 Å². The second-order valence-corrected chi connectivity index (χ2v) is 7.71. The molecular weight excluding hydrogens is 418 g/mol. The number of hydrogen-bond acceptors (Lipinski definition) is 7. The van der Waals surface area contributed by atoms with Crippen molar-refractivity contribution in [3.8, 4) is 5.75 Å². The van der Waals surface area contributed by atoms with E-state index in [0.717, 1.165) is 22.2 Å². The van der Waals surface area contributed by atoms with Crippen molar-refractivity contribution in [2.75, 3.05) is 26.1 Å². The Labute approximate surface area is 183 Å². The number of hydrogen-bond donors (Lipinski definition) is 2. The Morgan fingerprint density at radius 2 is 1.87 bits per heavy atom. The number of esters is 1. The summed E-state index contributed by atoms with van der Waals surface area (Å²) in [5.74, 6) is -0.729. The van der Waals surface area contributed by atoms with Gasteiger partial charge in [0.05, 0.1) is 40.9 Å². The lowest BCUT2D eigenvalue weighted by molar-refractivity contribution is 0.0527. The second kappa shape index (κ2) is 9.13. The van der Waals surface area contributed by atoms with Crippen LogP contribution in [0.4, 0.5) is 5.00 Å². The first-order valence-corrected chi connectivity index (χ1v) is 10.4. The third-order valence-corrected chi connectivity index (χ3v) is 5.95. The first kappa shape index (κ1) is 22.2. The average Bonchev–Trinajstić information content (AvgIpc) is 3.08. The second-order valence-electron chi connectivity index (χ2n) is 6.69. The van der Waals surface area contributed by atoms with Crippen LogP contribution in [0.1, 0.15) is 48.6 Å². The molecule has 0 aliphatic rings. The molecule has 0 saturated heterocycles. The summed E-state index contributed by atoms with van der Waals surface area (Å²) >= 11 is 1.03. The van der Waals surface area contributed by atoms with Gasteiger partial charge in [-0.3, -0.25) is 14.6 Å². The van der Waals surface area contributed by atoms with E-state index in [0.29, 0.717) is 27.4 Å². The maximum absolute atomic E-state index is 13.1. The SMILES string of the molecule is CCOC(=O)c1c(NC(=O)c2cc3cc(OC)ccc3nc2C)sc(C(=O)NC)c1C. The Morgan fingerprint density at radius 3 is 2.52 bits per heavy atom. The van der Waals surface area contributed by atoms with Gasteiger partial charge in [0.1, 0.15) is 10.8 Å². The Hall–Kier alpha value is -3.46. The topological polar surface area (TPSA) is 107 Å². The van der Waals surface area contributed by atoms with E-state index in [1.807, 2.05) is 6.07 Å². The van der Waals surface area contributed by atoms with Gasteiger partial charge in [-0.05, 0) is 50.6 Å². The molecule has 3 aromatic rings. The quantitative estimate of drug-likeness (QED) is 0.565. The number of thiophene rings is 1. The van der Waals surface area contributed by atoms with Gasteiger partial charge in [-0.15, -0.1) is 11.3 Å². The Bertz CT molecular complexity index is 1190. The van der Waals surface area contributed by atoms with Gasteiger partial charge in [0.2, 0.25) is 0 Å². The summed E-state index contributed by atoms with van der Waals surface area (Å²) in [6.07, 6.45) is 0. The van der Waals surface area contributed by atoms with Gasteiger partial charge in [-0.25, -0.2) is 4.79 Å². The summed E-state index contributed by atoms with van der Waals surface area (Å²) in [5, 5.41) is 6.31. The molecule has 2 N–H and O–H groups in total. The highest BCUT2D eigenvalue weighted by Gasteiger charge is 2.27. The minimum absolute atomic E-state index is 0.173. The number of ether oxygens (including phenoxy) is 2. The van der Waals surface area contributed by atoms with Crippen LogP contribution >= 0.6 is 11.3 Å². The zero-order valence-electron chi connectivity index (χ0n) is 17.9. The monoisotopic (exact) mass is 441 g/mol. The van der Waals surface area contributed by atoms with Crippen LogP contribution in [0.25, 0.3) is 10.9 Å². The third kappa shape index (κ3) is 4.36. The number of rotatable bonds is 6. The molecule has 31 heavy (non-hydrogen) atoms. The van der Waals surface area contributed by atoms with E-state index in [-0.39, 0.29) is 23.1 Å². The lowest BCUT2D eigenvalue weighted by atomic mass is 10.1. The lowest BCUT2D eigenvalue weighted by Crippen LogP contribution is -2.18. The largest absolute Gasteiger partial charge is 0.497 e. The molecule has 2 aromatic heterocycles. The van der Waals surface area contributed by atoms with E-state index in [2.05, 4.69) is 15.6 Å². The van der Waals surface area contributed by atoms with Crippen molar-refractivity contribution < 1.29 is 23.9 Å². The first-order chi connectivity index (χ1) is 14.8. The first-order valence-electron chi connectivity index (χ1n) is 9.60. The number of carbonyl (C=O) groups is 3. The van der Waals surface area contributed by atoms with E-state index < -0.39 is 11.9 Å². The molecule has 1 aromatic carbocycles. The molecule has 0 aliphatic heterocycles. The van der Waals surface area contributed by atoms with Gasteiger partial charge in [-0.1, -0.05) is 0 Å². The van der Waals surface area contributed by atoms with E-state index >= 15 is 0 Å². The van der Waals surface area contributed by atoms with Crippen LogP contribution in [0.3, 0.4) is 0 Å². The number of pyridine rings is 1. The van der Waals surface area contributed by atoms with Gasteiger partial charge < -0.3 is 20.1 Å². The highest BCUT2D eigenvalue weighted by Crippen LogP contribution is 2.34. The highest BCUT2D eigenvalue weighted by molar-refractivity contribution is 7.18. The molecule has 0 bridgehead atoms.